The summed E-state index contributed by atoms with van der Waals surface area (Å²) in [4.78, 5) is 11.2. The van der Waals surface area contributed by atoms with E-state index in [-0.39, 0.29) is 24.9 Å². The summed E-state index contributed by atoms with van der Waals surface area (Å²) in [6.07, 6.45) is 0.781. The van der Waals surface area contributed by atoms with E-state index >= 15 is 0 Å². The number of ether oxygens (including phenoxy) is 2. The summed E-state index contributed by atoms with van der Waals surface area (Å²) in [5.41, 5.74) is 5.31. The highest BCUT2D eigenvalue weighted by atomic mass is 35.5. The molecule has 0 unspecified atom stereocenters. The van der Waals surface area contributed by atoms with Gasteiger partial charge in [-0.1, -0.05) is 18.2 Å². The fourth-order valence-corrected chi connectivity index (χ4v) is 1.28. The normalized spacial score (nSPS) is 9.53. The molecule has 0 heterocycles. The van der Waals surface area contributed by atoms with Crippen LogP contribution in [0.4, 0.5) is 0 Å². The predicted octanol–water partition coefficient (Wildman–Crippen LogP) is 0.969. The van der Waals surface area contributed by atoms with E-state index in [4.69, 9.17) is 15.2 Å². The first-order valence-corrected chi connectivity index (χ1v) is 6.05. The van der Waals surface area contributed by atoms with Crippen molar-refractivity contribution in [2.45, 2.75) is 6.42 Å². The number of para-hydroxylation sites is 1. The molecule has 0 aliphatic rings. The average Bonchev–Trinajstić information content (AvgIpc) is 2.40. The summed E-state index contributed by atoms with van der Waals surface area (Å²) in [5, 5.41) is 2.71. The van der Waals surface area contributed by atoms with Crippen LogP contribution < -0.4 is 15.8 Å². The van der Waals surface area contributed by atoms with Crippen molar-refractivity contribution in [1.82, 2.24) is 5.32 Å². The van der Waals surface area contributed by atoms with Gasteiger partial charge in [0.25, 0.3) is 0 Å². The van der Waals surface area contributed by atoms with Gasteiger partial charge in [-0.25, -0.2) is 0 Å². The van der Waals surface area contributed by atoms with Gasteiger partial charge in [-0.15, -0.1) is 12.4 Å². The van der Waals surface area contributed by atoms with Crippen LogP contribution in [0.25, 0.3) is 0 Å². The smallest absolute Gasteiger partial charge is 0.246 e. The van der Waals surface area contributed by atoms with Crippen LogP contribution >= 0.6 is 12.4 Å². The lowest BCUT2D eigenvalue weighted by Gasteiger charge is -2.07. The molecular weight excluding hydrogens is 268 g/mol. The molecule has 0 saturated heterocycles. The third-order valence-electron chi connectivity index (χ3n) is 2.18. The van der Waals surface area contributed by atoms with Crippen molar-refractivity contribution in [3.8, 4) is 5.75 Å². The van der Waals surface area contributed by atoms with Crippen LogP contribution in [-0.4, -0.2) is 38.8 Å². The number of hydrogen-bond donors (Lipinski definition) is 2. The Labute approximate surface area is 119 Å². The predicted molar refractivity (Wildman–Crippen MR) is 76.7 cm³/mol. The Morgan fingerprint density at radius 1 is 1.21 bits per heavy atom. The molecule has 0 bridgehead atoms. The van der Waals surface area contributed by atoms with Crippen LogP contribution in [0.1, 0.15) is 6.42 Å². The number of amides is 1. The van der Waals surface area contributed by atoms with Gasteiger partial charge in [-0.3, -0.25) is 4.79 Å². The molecule has 0 aliphatic heterocycles. The summed E-state index contributed by atoms with van der Waals surface area (Å²) in [7, 11) is 0. The quantitative estimate of drug-likeness (QED) is 0.664. The number of carbonyl (C=O) groups excluding carboxylic acids is 1. The summed E-state index contributed by atoms with van der Waals surface area (Å²) >= 11 is 0. The zero-order valence-electron chi connectivity index (χ0n) is 10.8. The van der Waals surface area contributed by atoms with Gasteiger partial charge < -0.3 is 20.5 Å². The van der Waals surface area contributed by atoms with Crippen molar-refractivity contribution >= 4 is 18.3 Å². The Morgan fingerprint density at radius 3 is 2.63 bits per heavy atom. The number of nitrogens with two attached hydrogens (primary N) is 1. The van der Waals surface area contributed by atoms with E-state index < -0.39 is 0 Å². The van der Waals surface area contributed by atoms with Gasteiger partial charge in [0.15, 0.2) is 0 Å². The lowest BCUT2D eigenvalue weighted by atomic mass is 10.3. The minimum atomic E-state index is -0.122. The van der Waals surface area contributed by atoms with Crippen LogP contribution in [0, 0.1) is 0 Å². The van der Waals surface area contributed by atoms with E-state index in [9.17, 15) is 4.79 Å². The topological polar surface area (TPSA) is 73.6 Å². The largest absolute Gasteiger partial charge is 0.491 e. The molecule has 0 atom stereocenters. The van der Waals surface area contributed by atoms with Gasteiger partial charge in [0.1, 0.15) is 19.0 Å². The van der Waals surface area contributed by atoms with Gasteiger partial charge in [0.2, 0.25) is 5.91 Å². The van der Waals surface area contributed by atoms with E-state index in [0.717, 1.165) is 12.2 Å². The van der Waals surface area contributed by atoms with Gasteiger partial charge in [0.05, 0.1) is 6.61 Å². The molecule has 0 saturated carbocycles. The van der Waals surface area contributed by atoms with Crippen molar-refractivity contribution in [3.05, 3.63) is 30.3 Å². The molecule has 19 heavy (non-hydrogen) atoms. The number of nitrogens with one attached hydrogen (secondary N) is 1. The fourth-order valence-electron chi connectivity index (χ4n) is 1.28. The molecule has 1 amide bonds. The zero-order valence-corrected chi connectivity index (χ0v) is 11.7. The summed E-state index contributed by atoms with van der Waals surface area (Å²) in [5.74, 6) is 0.677. The second-order valence-electron chi connectivity index (χ2n) is 3.71. The minimum Gasteiger partial charge on any atom is -0.491 e. The Hall–Kier alpha value is -1.30. The molecule has 108 valence electrons. The highest BCUT2D eigenvalue weighted by Gasteiger charge is 2.00. The van der Waals surface area contributed by atoms with Crippen molar-refractivity contribution in [2.75, 3.05) is 32.9 Å². The van der Waals surface area contributed by atoms with E-state index in [1.807, 2.05) is 30.3 Å². The lowest BCUT2D eigenvalue weighted by Crippen LogP contribution is -2.30. The minimum absolute atomic E-state index is 0. The average molecular weight is 289 g/mol. The number of hydrogen-bond acceptors (Lipinski definition) is 4. The molecule has 3 N–H and O–H groups in total. The molecule has 0 aliphatic carbocycles. The van der Waals surface area contributed by atoms with Crippen LogP contribution in [0.2, 0.25) is 0 Å². The van der Waals surface area contributed by atoms with E-state index in [2.05, 4.69) is 5.32 Å². The third-order valence-corrected chi connectivity index (χ3v) is 2.18. The summed E-state index contributed by atoms with van der Waals surface area (Å²) in [6.45, 7) is 2.05. The maximum absolute atomic E-state index is 11.2. The van der Waals surface area contributed by atoms with Crippen LogP contribution in [-0.2, 0) is 9.53 Å². The first kappa shape index (κ1) is 17.7. The van der Waals surface area contributed by atoms with Gasteiger partial charge >= 0.3 is 0 Å². The first-order valence-electron chi connectivity index (χ1n) is 6.05. The highest BCUT2D eigenvalue weighted by Crippen LogP contribution is 2.07. The molecule has 5 nitrogen and oxygen atoms in total. The maximum atomic E-state index is 11.2. The maximum Gasteiger partial charge on any atom is 0.246 e. The van der Waals surface area contributed by atoms with Gasteiger partial charge in [-0.2, -0.15) is 0 Å². The van der Waals surface area contributed by atoms with Crippen LogP contribution in [0.15, 0.2) is 30.3 Å². The van der Waals surface area contributed by atoms with Gasteiger partial charge in [-0.05, 0) is 25.1 Å². The molecule has 0 fully saturated rings. The van der Waals surface area contributed by atoms with E-state index in [1.54, 1.807) is 0 Å². The second-order valence-corrected chi connectivity index (χ2v) is 3.71. The Morgan fingerprint density at radius 2 is 1.95 bits per heavy atom. The van der Waals surface area contributed by atoms with Crippen molar-refractivity contribution in [2.24, 2.45) is 5.73 Å². The zero-order chi connectivity index (χ0) is 13.1. The molecule has 0 spiro atoms. The van der Waals surface area contributed by atoms with Crippen molar-refractivity contribution in [1.29, 1.82) is 0 Å². The summed E-state index contributed by atoms with van der Waals surface area (Å²) < 4.78 is 10.6. The molecule has 1 aromatic carbocycles. The Kier molecular flexibility index (Phi) is 11.0. The van der Waals surface area contributed by atoms with Crippen molar-refractivity contribution < 1.29 is 14.3 Å². The highest BCUT2D eigenvalue weighted by molar-refractivity contribution is 5.85. The monoisotopic (exact) mass is 288 g/mol. The first-order chi connectivity index (χ1) is 8.83. The molecular formula is C13H21ClN2O3. The van der Waals surface area contributed by atoms with Gasteiger partial charge in [0, 0.05) is 6.54 Å². The Bertz CT molecular complexity index is 336. The lowest BCUT2D eigenvalue weighted by molar-refractivity contribution is -0.125. The second kappa shape index (κ2) is 11.8. The van der Waals surface area contributed by atoms with Crippen LogP contribution in [0.3, 0.4) is 0 Å². The number of benzene rings is 1. The number of halogens is 1. The molecule has 1 aromatic rings. The molecule has 1 rings (SSSR count). The molecule has 0 radical (unpaired) electrons. The number of rotatable bonds is 9. The Balaban J connectivity index is 0.00000324. The fraction of sp³-hybridized carbons (Fsp3) is 0.462. The third kappa shape index (κ3) is 9.30. The SMILES string of the molecule is Cl.NCCCNC(=O)COCCOc1ccccc1. The number of carbonyl (C=O) groups is 1. The van der Waals surface area contributed by atoms with Crippen molar-refractivity contribution in [3.63, 3.8) is 0 Å². The van der Waals surface area contributed by atoms with E-state index in [1.165, 1.54) is 0 Å². The van der Waals surface area contributed by atoms with E-state index in [0.29, 0.717) is 26.3 Å². The summed E-state index contributed by atoms with van der Waals surface area (Å²) in [6, 6.07) is 9.48. The van der Waals surface area contributed by atoms with Crippen LogP contribution in [0.5, 0.6) is 5.75 Å². The molecule has 0 aromatic heterocycles. The standard InChI is InChI=1S/C13H20N2O3.ClH/c14-7-4-8-15-13(16)11-17-9-10-18-12-5-2-1-3-6-12;/h1-3,5-6H,4,7-11,14H2,(H,15,16);1H. The molecule has 6 heteroatoms.